The average Bonchev–Trinajstić information content (AvgIpc) is 3.26. The molecule has 4 amide bonds. The maximum Gasteiger partial charge on any atom is 0.325 e. The van der Waals surface area contributed by atoms with Crippen molar-refractivity contribution in [2.75, 3.05) is 6.61 Å². The number of benzene rings is 1. The number of urea groups is 1. The van der Waals surface area contributed by atoms with Crippen LogP contribution in [-0.4, -0.2) is 46.5 Å². The number of nitrogens with zero attached hydrogens (tertiary/aromatic N) is 1. The Kier molecular flexibility index (Phi) is 5.87. The first-order chi connectivity index (χ1) is 13.1. The van der Waals surface area contributed by atoms with Crippen molar-refractivity contribution in [3.05, 3.63) is 60.1 Å². The molecule has 27 heavy (non-hydrogen) atoms. The molecule has 0 unspecified atom stereocenters. The summed E-state index contributed by atoms with van der Waals surface area (Å²) in [4.78, 5) is 37.7. The molecule has 0 radical (unpaired) electrons. The number of hydrogen-bond donors (Lipinski definition) is 3. The Bertz CT molecular complexity index is 791. The molecule has 0 aliphatic carbocycles. The molecule has 2 atom stereocenters. The highest BCUT2D eigenvalue weighted by Crippen LogP contribution is 2.14. The number of furan rings is 1. The van der Waals surface area contributed by atoms with Crippen molar-refractivity contribution in [3.8, 4) is 0 Å². The number of carbonyl (C=O) groups is 3. The lowest BCUT2D eigenvalue weighted by Crippen LogP contribution is -2.43. The van der Waals surface area contributed by atoms with Crippen LogP contribution in [0.3, 0.4) is 0 Å². The van der Waals surface area contributed by atoms with Crippen LogP contribution >= 0.6 is 0 Å². The molecule has 3 N–H and O–H groups in total. The lowest BCUT2D eigenvalue weighted by atomic mass is 10.1. The fraction of sp³-hybridized carbons (Fsp3) is 0.316. The Morgan fingerprint density at radius 2 is 2.00 bits per heavy atom. The minimum Gasteiger partial charge on any atom is -0.467 e. The molecule has 1 fully saturated rings. The van der Waals surface area contributed by atoms with Gasteiger partial charge in [-0.15, -0.1) is 0 Å². The van der Waals surface area contributed by atoms with Gasteiger partial charge in [-0.2, -0.15) is 0 Å². The summed E-state index contributed by atoms with van der Waals surface area (Å²) in [6.45, 7) is -0.209. The van der Waals surface area contributed by atoms with Crippen molar-refractivity contribution in [3.63, 3.8) is 0 Å². The SMILES string of the molecule is O=C(C[C@@H]1NC(=O)N(Cc2ccco2)C1=O)N[C@H](CO)Cc1ccccc1. The number of rotatable bonds is 8. The topological polar surface area (TPSA) is 112 Å². The number of nitrogens with one attached hydrogen (secondary N) is 2. The summed E-state index contributed by atoms with van der Waals surface area (Å²) in [5.41, 5.74) is 0.978. The maximum atomic E-state index is 12.4. The Labute approximate surface area is 156 Å². The summed E-state index contributed by atoms with van der Waals surface area (Å²) in [6, 6.07) is 10.8. The summed E-state index contributed by atoms with van der Waals surface area (Å²) in [5, 5.41) is 14.7. The van der Waals surface area contributed by atoms with Crippen molar-refractivity contribution in [2.45, 2.75) is 31.5 Å². The molecule has 142 valence electrons. The molecule has 1 saturated heterocycles. The molecule has 1 aliphatic heterocycles. The predicted molar refractivity (Wildman–Crippen MR) is 95.4 cm³/mol. The van der Waals surface area contributed by atoms with Gasteiger partial charge in [0.2, 0.25) is 5.91 Å². The Morgan fingerprint density at radius 3 is 2.67 bits per heavy atom. The smallest absolute Gasteiger partial charge is 0.325 e. The van der Waals surface area contributed by atoms with Crippen LogP contribution in [0, 0.1) is 0 Å². The largest absolute Gasteiger partial charge is 0.467 e. The van der Waals surface area contributed by atoms with Crippen LogP contribution in [-0.2, 0) is 22.6 Å². The molecule has 2 aromatic rings. The van der Waals surface area contributed by atoms with Gasteiger partial charge in [0.1, 0.15) is 11.8 Å². The summed E-state index contributed by atoms with van der Waals surface area (Å²) in [6.07, 6.45) is 1.74. The Balaban J connectivity index is 1.54. The molecule has 0 bridgehead atoms. The second-order valence-corrected chi connectivity index (χ2v) is 6.35. The Hall–Kier alpha value is -3.13. The number of carbonyl (C=O) groups excluding carboxylic acids is 3. The van der Waals surface area contributed by atoms with E-state index >= 15 is 0 Å². The number of hydrogen-bond acceptors (Lipinski definition) is 5. The molecule has 0 saturated carbocycles. The van der Waals surface area contributed by atoms with Crippen molar-refractivity contribution >= 4 is 17.8 Å². The van der Waals surface area contributed by atoms with Gasteiger partial charge in [-0.1, -0.05) is 30.3 Å². The van der Waals surface area contributed by atoms with Gasteiger partial charge in [-0.05, 0) is 24.1 Å². The van der Waals surface area contributed by atoms with Crippen LogP contribution in [0.5, 0.6) is 0 Å². The monoisotopic (exact) mass is 371 g/mol. The molecule has 0 spiro atoms. The lowest BCUT2D eigenvalue weighted by Gasteiger charge is -2.17. The van der Waals surface area contributed by atoms with E-state index in [2.05, 4.69) is 10.6 Å². The highest BCUT2D eigenvalue weighted by atomic mass is 16.3. The minimum atomic E-state index is -0.927. The van der Waals surface area contributed by atoms with Crippen molar-refractivity contribution in [1.29, 1.82) is 0 Å². The highest BCUT2D eigenvalue weighted by molar-refractivity contribution is 6.05. The fourth-order valence-corrected chi connectivity index (χ4v) is 2.96. The van der Waals surface area contributed by atoms with Gasteiger partial charge in [0, 0.05) is 0 Å². The predicted octanol–water partition coefficient (Wildman–Crippen LogP) is 0.810. The second kappa shape index (κ2) is 8.50. The van der Waals surface area contributed by atoms with Crippen molar-refractivity contribution in [1.82, 2.24) is 15.5 Å². The molecule has 1 aliphatic rings. The lowest BCUT2D eigenvalue weighted by molar-refractivity contribution is -0.131. The number of aliphatic hydroxyl groups excluding tert-OH is 1. The zero-order chi connectivity index (χ0) is 19.2. The molecule has 3 rings (SSSR count). The first-order valence-electron chi connectivity index (χ1n) is 8.65. The van der Waals surface area contributed by atoms with Gasteiger partial charge in [-0.3, -0.25) is 14.5 Å². The molecule has 8 nitrogen and oxygen atoms in total. The molecule has 2 heterocycles. The zero-order valence-electron chi connectivity index (χ0n) is 14.6. The van der Waals surface area contributed by atoms with E-state index in [1.54, 1.807) is 12.1 Å². The van der Waals surface area contributed by atoms with E-state index in [0.29, 0.717) is 12.2 Å². The van der Waals surface area contributed by atoms with Gasteiger partial charge in [-0.25, -0.2) is 4.79 Å². The third-order valence-electron chi connectivity index (χ3n) is 4.30. The van der Waals surface area contributed by atoms with E-state index < -0.39 is 29.9 Å². The number of aliphatic hydroxyl groups is 1. The van der Waals surface area contributed by atoms with Gasteiger partial charge in [0.05, 0.1) is 31.9 Å². The minimum absolute atomic E-state index is 0.0169. The maximum absolute atomic E-state index is 12.4. The normalized spacial score (nSPS) is 17.7. The second-order valence-electron chi connectivity index (χ2n) is 6.35. The fourth-order valence-electron chi connectivity index (χ4n) is 2.96. The first kappa shape index (κ1) is 18.7. The summed E-state index contributed by atoms with van der Waals surface area (Å²) in [5.74, 6) is -0.412. The molecule has 1 aromatic carbocycles. The molecule has 1 aromatic heterocycles. The van der Waals surface area contributed by atoms with E-state index in [1.807, 2.05) is 30.3 Å². The van der Waals surface area contributed by atoms with Crippen molar-refractivity contribution in [2.24, 2.45) is 0 Å². The quantitative estimate of drug-likeness (QED) is 0.595. The van der Waals surface area contributed by atoms with Crippen LogP contribution in [0.4, 0.5) is 4.79 Å². The first-order valence-corrected chi connectivity index (χ1v) is 8.65. The number of imide groups is 1. The summed E-state index contributed by atoms with van der Waals surface area (Å²) < 4.78 is 5.15. The van der Waals surface area contributed by atoms with E-state index in [4.69, 9.17) is 4.42 Å². The van der Waals surface area contributed by atoms with Gasteiger partial charge < -0.3 is 20.2 Å². The third-order valence-corrected chi connectivity index (χ3v) is 4.30. The summed E-state index contributed by atoms with van der Waals surface area (Å²) in [7, 11) is 0. The van der Waals surface area contributed by atoms with Crippen molar-refractivity contribution < 1.29 is 23.9 Å². The van der Waals surface area contributed by atoms with Crippen LogP contribution in [0.15, 0.2) is 53.1 Å². The van der Waals surface area contributed by atoms with Gasteiger partial charge >= 0.3 is 6.03 Å². The Morgan fingerprint density at radius 1 is 1.22 bits per heavy atom. The van der Waals surface area contributed by atoms with Gasteiger partial charge in [0.25, 0.3) is 5.91 Å². The molecular weight excluding hydrogens is 350 g/mol. The van der Waals surface area contributed by atoms with E-state index in [0.717, 1.165) is 10.5 Å². The van der Waals surface area contributed by atoms with Crippen LogP contribution in [0.2, 0.25) is 0 Å². The van der Waals surface area contributed by atoms with Crippen LogP contribution in [0.25, 0.3) is 0 Å². The van der Waals surface area contributed by atoms with E-state index in [9.17, 15) is 19.5 Å². The third kappa shape index (κ3) is 4.73. The molecule has 8 heteroatoms. The van der Waals surface area contributed by atoms with E-state index in [-0.39, 0.29) is 19.6 Å². The highest BCUT2D eigenvalue weighted by Gasteiger charge is 2.39. The number of amides is 4. The van der Waals surface area contributed by atoms with E-state index in [1.165, 1.54) is 6.26 Å². The zero-order valence-corrected chi connectivity index (χ0v) is 14.6. The molecular formula is C19H21N3O5. The average molecular weight is 371 g/mol. The van der Waals surface area contributed by atoms with Gasteiger partial charge in [0.15, 0.2) is 0 Å². The summed E-state index contributed by atoms with van der Waals surface area (Å²) >= 11 is 0. The van der Waals surface area contributed by atoms with Crippen LogP contribution < -0.4 is 10.6 Å². The standard InChI is InChI=1S/C19H21N3O5/c23-12-14(9-13-5-2-1-3-6-13)20-17(24)10-16-18(25)22(19(26)21-16)11-15-7-4-8-27-15/h1-8,14,16,23H,9-12H2,(H,20,24)(H,21,26)/t14-,16-/m0/s1. The van der Waals surface area contributed by atoms with Crippen LogP contribution in [0.1, 0.15) is 17.7 Å².